The van der Waals surface area contributed by atoms with Crippen molar-refractivity contribution in [2.45, 2.75) is 32.6 Å². The van der Waals surface area contributed by atoms with Crippen LogP contribution in [0, 0.1) is 6.92 Å². The molecule has 1 atom stereocenters. The van der Waals surface area contributed by atoms with Crippen molar-refractivity contribution in [3.8, 4) is 0 Å². The minimum atomic E-state index is 0.661. The molecule has 0 spiro atoms. The first kappa shape index (κ1) is 14.6. The zero-order chi connectivity index (χ0) is 12.5. The number of thioether (sulfide) groups is 1. The molecule has 0 fully saturated rings. The molecule has 0 saturated heterocycles. The fourth-order valence-electron chi connectivity index (χ4n) is 2.02. The number of rotatable bonds is 8. The topological polar surface area (TPSA) is 12.0 Å². The molecule has 0 aliphatic rings. The molecule has 1 nitrogen and oxygen atoms in total. The third-order valence-corrected chi connectivity index (χ3v) is 3.65. The molecule has 0 amide bonds. The largest absolute Gasteiger partial charge is 0.316 e. The van der Waals surface area contributed by atoms with Crippen LogP contribution in [0.4, 0.5) is 0 Å². The summed E-state index contributed by atoms with van der Waals surface area (Å²) in [5, 5.41) is 3.55. The Morgan fingerprint density at radius 1 is 1.35 bits per heavy atom. The second kappa shape index (κ2) is 8.60. The maximum atomic E-state index is 3.55. The third kappa shape index (κ3) is 5.60. The van der Waals surface area contributed by atoms with E-state index < -0.39 is 0 Å². The predicted molar refractivity (Wildman–Crippen MR) is 80.1 cm³/mol. The quantitative estimate of drug-likeness (QED) is 0.705. The van der Waals surface area contributed by atoms with Gasteiger partial charge in [0, 0.05) is 6.54 Å². The summed E-state index contributed by atoms with van der Waals surface area (Å²) in [6.45, 7) is 6.63. The van der Waals surface area contributed by atoms with Gasteiger partial charge in [-0.3, -0.25) is 0 Å². The van der Waals surface area contributed by atoms with Crippen molar-refractivity contribution in [3.63, 3.8) is 0 Å². The zero-order valence-corrected chi connectivity index (χ0v) is 12.1. The molecule has 0 saturated carbocycles. The first-order valence-electron chi connectivity index (χ1n) is 6.54. The zero-order valence-electron chi connectivity index (χ0n) is 11.3. The van der Waals surface area contributed by atoms with Gasteiger partial charge in [0.2, 0.25) is 0 Å². The van der Waals surface area contributed by atoms with E-state index in [9.17, 15) is 0 Å². The van der Waals surface area contributed by atoms with Gasteiger partial charge in [-0.05, 0) is 49.8 Å². The molecular formula is C15H25NS. The van der Waals surface area contributed by atoms with Gasteiger partial charge in [-0.15, -0.1) is 0 Å². The average Bonchev–Trinajstić information content (AvgIpc) is 2.33. The Balaban J connectivity index is 2.60. The molecular weight excluding hydrogens is 226 g/mol. The number of nitrogens with one attached hydrogen (secondary N) is 1. The van der Waals surface area contributed by atoms with Gasteiger partial charge in [-0.25, -0.2) is 0 Å². The highest BCUT2D eigenvalue weighted by Crippen LogP contribution is 2.21. The van der Waals surface area contributed by atoms with E-state index >= 15 is 0 Å². The molecule has 0 bridgehead atoms. The van der Waals surface area contributed by atoms with Crippen LogP contribution in [0.5, 0.6) is 0 Å². The maximum absolute atomic E-state index is 3.55. The van der Waals surface area contributed by atoms with Crippen molar-refractivity contribution in [2.75, 3.05) is 25.1 Å². The average molecular weight is 251 g/mol. The van der Waals surface area contributed by atoms with Crippen LogP contribution in [-0.4, -0.2) is 25.1 Å². The second-order valence-corrected chi connectivity index (χ2v) is 5.58. The molecule has 1 aromatic carbocycles. The van der Waals surface area contributed by atoms with Crippen LogP contribution in [0.2, 0.25) is 0 Å². The Bertz CT molecular complexity index is 312. The monoisotopic (exact) mass is 251 g/mol. The fraction of sp³-hybridized carbons (Fsp3) is 0.600. The van der Waals surface area contributed by atoms with Crippen LogP contribution in [-0.2, 0) is 0 Å². The molecule has 96 valence electrons. The molecule has 2 heteroatoms. The molecule has 1 unspecified atom stereocenters. The fourth-order valence-corrected chi connectivity index (χ4v) is 2.54. The smallest absolute Gasteiger partial charge is 0.00204 e. The normalized spacial score (nSPS) is 12.6. The number of benzene rings is 1. The van der Waals surface area contributed by atoms with Gasteiger partial charge in [0.1, 0.15) is 0 Å². The maximum Gasteiger partial charge on any atom is 0.00204 e. The van der Waals surface area contributed by atoms with Crippen molar-refractivity contribution in [1.82, 2.24) is 5.32 Å². The molecule has 0 radical (unpaired) electrons. The van der Waals surface area contributed by atoms with Gasteiger partial charge >= 0.3 is 0 Å². The Kier molecular flexibility index (Phi) is 7.38. The van der Waals surface area contributed by atoms with Gasteiger partial charge in [0.25, 0.3) is 0 Å². The van der Waals surface area contributed by atoms with E-state index in [1.807, 2.05) is 11.8 Å². The molecule has 0 aromatic heterocycles. The van der Waals surface area contributed by atoms with Crippen LogP contribution in [0.1, 0.15) is 36.8 Å². The van der Waals surface area contributed by atoms with E-state index in [-0.39, 0.29) is 0 Å². The Labute approximate surface area is 110 Å². The summed E-state index contributed by atoms with van der Waals surface area (Å²) < 4.78 is 0. The van der Waals surface area contributed by atoms with Crippen molar-refractivity contribution >= 4 is 11.8 Å². The van der Waals surface area contributed by atoms with Crippen LogP contribution < -0.4 is 5.32 Å². The lowest BCUT2D eigenvalue weighted by Gasteiger charge is -2.18. The first-order chi connectivity index (χ1) is 8.27. The molecule has 1 N–H and O–H groups in total. The summed E-state index contributed by atoms with van der Waals surface area (Å²) in [6.07, 6.45) is 4.66. The van der Waals surface area contributed by atoms with Crippen molar-refractivity contribution in [1.29, 1.82) is 0 Å². The van der Waals surface area contributed by atoms with E-state index in [2.05, 4.69) is 49.7 Å². The van der Waals surface area contributed by atoms with E-state index in [1.54, 1.807) is 0 Å². The Hall–Kier alpha value is -0.470. The Morgan fingerprint density at radius 3 is 2.82 bits per heavy atom. The van der Waals surface area contributed by atoms with Crippen LogP contribution in [0.3, 0.4) is 0 Å². The first-order valence-corrected chi connectivity index (χ1v) is 7.93. The molecule has 0 aliphatic heterocycles. The standard InChI is InChI=1S/C15H25NS/c1-4-9-16-12-15(8-10-17-3)14-7-5-6-13(2)11-14/h5-7,11,15-16H,4,8-10,12H2,1-3H3. The van der Waals surface area contributed by atoms with E-state index in [0.29, 0.717) is 5.92 Å². The van der Waals surface area contributed by atoms with Crippen molar-refractivity contribution < 1.29 is 0 Å². The minimum Gasteiger partial charge on any atom is -0.316 e. The number of hydrogen-bond acceptors (Lipinski definition) is 2. The van der Waals surface area contributed by atoms with Gasteiger partial charge in [0.05, 0.1) is 0 Å². The van der Waals surface area contributed by atoms with E-state index in [4.69, 9.17) is 0 Å². The molecule has 0 aliphatic carbocycles. The van der Waals surface area contributed by atoms with Gasteiger partial charge in [-0.2, -0.15) is 11.8 Å². The van der Waals surface area contributed by atoms with Crippen LogP contribution in [0.25, 0.3) is 0 Å². The third-order valence-electron chi connectivity index (χ3n) is 3.00. The highest BCUT2D eigenvalue weighted by atomic mass is 32.2. The molecule has 17 heavy (non-hydrogen) atoms. The molecule has 1 rings (SSSR count). The summed E-state index contributed by atoms with van der Waals surface area (Å²) >= 11 is 1.94. The summed E-state index contributed by atoms with van der Waals surface area (Å²) in [7, 11) is 0. The highest BCUT2D eigenvalue weighted by Gasteiger charge is 2.10. The second-order valence-electron chi connectivity index (χ2n) is 4.60. The summed E-state index contributed by atoms with van der Waals surface area (Å²) in [4.78, 5) is 0. The van der Waals surface area contributed by atoms with E-state index in [1.165, 1.54) is 29.7 Å². The summed E-state index contributed by atoms with van der Waals surface area (Å²) in [6, 6.07) is 8.95. The number of aryl methyl sites for hydroxylation is 1. The van der Waals surface area contributed by atoms with Crippen molar-refractivity contribution in [3.05, 3.63) is 35.4 Å². The van der Waals surface area contributed by atoms with Crippen LogP contribution in [0.15, 0.2) is 24.3 Å². The number of hydrogen-bond donors (Lipinski definition) is 1. The highest BCUT2D eigenvalue weighted by molar-refractivity contribution is 7.98. The lowest BCUT2D eigenvalue weighted by molar-refractivity contribution is 0.570. The predicted octanol–water partition coefficient (Wildman–Crippen LogP) is 3.83. The van der Waals surface area contributed by atoms with E-state index in [0.717, 1.165) is 13.1 Å². The molecule has 1 aromatic rings. The summed E-state index contributed by atoms with van der Waals surface area (Å²) in [5.74, 6) is 1.90. The SMILES string of the molecule is CCCNCC(CCSC)c1cccc(C)c1. The van der Waals surface area contributed by atoms with Gasteiger partial charge in [0.15, 0.2) is 0 Å². The Morgan fingerprint density at radius 2 is 2.18 bits per heavy atom. The lowest BCUT2D eigenvalue weighted by atomic mass is 9.95. The molecule has 0 heterocycles. The minimum absolute atomic E-state index is 0.661. The van der Waals surface area contributed by atoms with Crippen LogP contribution >= 0.6 is 11.8 Å². The summed E-state index contributed by atoms with van der Waals surface area (Å²) in [5.41, 5.74) is 2.86. The van der Waals surface area contributed by atoms with Crippen molar-refractivity contribution in [2.24, 2.45) is 0 Å². The van der Waals surface area contributed by atoms with Gasteiger partial charge < -0.3 is 5.32 Å². The lowest BCUT2D eigenvalue weighted by Crippen LogP contribution is -2.22. The van der Waals surface area contributed by atoms with Gasteiger partial charge in [-0.1, -0.05) is 36.8 Å².